The average molecular weight is 248 g/mol. The molecule has 0 amide bonds. The summed E-state index contributed by atoms with van der Waals surface area (Å²) in [4.78, 5) is 23.0. The Morgan fingerprint density at radius 3 is 1.83 bits per heavy atom. The third-order valence-corrected chi connectivity index (χ3v) is 2.43. The summed E-state index contributed by atoms with van der Waals surface area (Å²) >= 11 is 0. The van der Waals surface area contributed by atoms with E-state index in [9.17, 15) is 14.7 Å². The average Bonchev–Trinajstić information content (AvgIpc) is 2.39. The monoisotopic (exact) mass is 248 g/mol. The van der Waals surface area contributed by atoms with Crippen LogP contribution in [0.1, 0.15) is 26.3 Å². The van der Waals surface area contributed by atoms with Crippen LogP contribution in [0.4, 0.5) is 0 Å². The van der Waals surface area contributed by atoms with Crippen LogP contribution >= 0.6 is 0 Å². The van der Waals surface area contributed by atoms with E-state index in [1.807, 2.05) is 0 Å². The summed E-state index contributed by atoms with van der Waals surface area (Å²) in [5, 5.41) is 10.9. The Morgan fingerprint density at radius 1 is 0.778 bits per heavy atom. The molecule has 0 heterocycles. The van der Waals surface area contributed by atoms with Crippen molar-refractivity contribution in [3.05, 3.63) is 71.3 Å². The van der Waals surface area contributed by atoms with Gasteiger partial charge < -0.3 is 9.90 Å². The van der Waals surface area contributed by atoms with E-state index < -0.39 is 5.97 Å². The second-order valence-electron chi connectivity index (χ2n) is 3.53. The maximum Gasteiger partial charge on any atom is 1.00 e. The number of carboxylic acids is 1. The first-order chi connectivity index (χ1) is 8.20. The molecule has 0 atom stereocenters. The summed E-state index contributed by atoms with van der Waals surface area (Å²) in [6.45, 7) is 0. The van der Waals surface area contributed by atoms with Crippen molar-refractivity contribution in [1.29, 1.82) is 0 Å². The topological polar surface area (TPSA) is 57.2 Å². The van der Waals surface area contributed by atoms with Crippen LogP contribution in [-0.4, -0.2) is 11.8 Å². The second-order valence-corrected chi connectivity index (χ2v) is 3.53. The Kier molecular flexibility index (Phi) is 5.28. The maximum absolute atomic E-state index is 12.1. The Bertz CT molecular complexity index is 564. The van der Waals surface area contributed by atoms with Gasteiger partial charge in [-0.1, -0.05) is 54.6 Å². The van der Waals surface area contributed by atoms with E-state index in [0.29, 0.717) is 5.56 Å². The van der Waals surface area contributed by atoms with Crippen LogP contribution in [0.25, 0.3) is 0 Å². The molecule has 0 saturated carbocycles. The van der Waals surface area contributed by atoms with Crippen LogP contribution in [-0.2, 0) is 0 Å². The van der Waals surface area contributed by atoms with E-state index in [1.165, 1.54) is 12.1 Å². The van der Waals surface area contributed by atoms with Gasteiger partial charge in [0.2, 0.25) is 0 Å². The molecule has 0 aliphatic heterocycles. The zero-order valence-electron chi connectivity index (χ0n) is 9.92. The number of ketones is 1. The molecule has 18 heavy (non-hydrogen) atoms. The number of hydrogen-bond acceptors (Lipinski definition) is 3. The van der Waals surface area contributed by atoms with Crippen molar-refractivity contribution in [1.82, 2.24) is 0 Å². The van der Waals surface area contributed by atoms with Gasteiger partial charge in [-0.2, -0.15) is 0 Å². The fourth-order valence-electron chi connectivity index (χ4n) is 1.60. The van der Waals surface area contributed by atoms with Gasteiger partial charge in [-0.3, -0.25) is 4.79 Å². The first kappa shape index (κ1) is 14.6. The smallest absolute Gasteiger partial charge is 0.545 e. The minimum atomic E-state index is -1.34. The van der Waals surface area contributed by atoms with Crippen molar-refractivity contribution in [3.63, 3.8) is 0 Å². The summed E-state index contributed by atoms with van der Waals surface area (Å²) in [7, 11) is 0. The van der Waals surface area contributed by atoms with E-state index in [-0.39, 0.29) is 46.5 Å². The predicted molar refractivity (Wildman–Crippen MR) is 60.6 cm³/mol. The molecule has 4 heteroatoms. The molecule has 0 spiro atoms. The molecule has 0 aliphatic carbocycles. The molecule has 2 rings (SSSR count). The van der Waals surface area contributed by atoms with E-state index in [0.717, 1.165) is 0 Å². The molecule has 0 N–H and O–H groups in total. The van der Waals surface area contributed by atoms with E-state index in [1.54, 1.807) is 42.5 Å². The third kappa shape index (κ3) is 3.07. The molecule has 0 aromatic heterocycles. The van der Waals surface area contributed by atoms with Gasteiger partial charge in [-0.05, 0) is 0 Å². The van der Waals surface area contributed by atoms with Crippen LogP contribution in [0.15, 0.2) is 54.6 Å². The fraction of sp³-hybridized carbons (Fsp3) is 0. The number of hydrogen-bond donors (Lipinski definition) is 0. The van der Waals surface area contributed by atoms with Crippen molar-refractivity contribution < 1.29 is 44.3 Å². The fourth-order valence-corrected chi connectivity index (χ4v) is 1.60. The van der Waals surface area contributed by atoms with Crippen molar-refractivity contribution in [2.24, 2.45) is 0 Å². The molecule has 84 valence electrons. The quantitative estimate of drug-likeness (QED) is 0.480. The molecular weight excluding hydrogens is 239 g/mol. The molecule has 2 aromatic carbocycles. The largest absolute Gasteiger partial charge is 1.00 e. The third-order valence-electron chi connectivity index (χ3n) is 2.43. The van der Waals surface area contributed by atoms with Gasteiger partial charge in [0.05, 0.1) is 5.97 Å². The van der Waals surface area contributed by atoms with Crippen LogP contribution in [0.5, 0.6) is 0 Å². The van der Waals surface area contributed by atoms with Gasteiger partial charge in [-0.25, -0.2) is 0 Å². The standard InChI is InChI=1S/C14H10O3.Na/c15-13(10-6-2-1-3-7-10)11-8-4-5-9-12(11)14(16)17;/h1-9H,(H,16,17);/q;+1/p-1. The van der Waals surface area contributed by atoms with Crippen molar-refractivity contribution in [2.45, 2.75) is 0 Å². The number of rotatable bonds is 3. The number of carbonyl (C=O) groups excluding carboxylic acids is 2. The first-order valence-electron chi connectivity index (χ1n) is 5.10. The second kappa shape index (κ2) is 6.50. The van der Waals surface area contributed by atoms with Crippen LogP contribution in [0.2, 0.25) is 0 Å². The van der Waals surface area contributed by atoms with Crippen LogP contribution in [0, 0.1) is 0 Å². The summed E-state index contributed by atoms with van der Waals surface area (Å²) in [5.41, 5.74) is 0.529. The molecule has 0 unspecified atom stereocenters. The number of benzene rings is 2. The Morgan fingerprint density at radius 2 is 1.28 bits per heavy atom. The predicted octanol–water partition coefficient (Wildman–Crippen LogP) is -1.71. The number of carbonyl (C=O) groups is 2. The van der Waals surface area contributed by atoms with Gasteiger partial charge in [0.1, 0.15) is 0 Å². The Balaban J connectivity index is 0.00000162. The summed E-state index contributed by atoms with van der Waals surface area (Å²) in [6, 6.07) is 14.6. The molecule has 0 fully saturated rings. The van der Waals surface area contributed by atoms with Crippen molar-refractivity contribution in [2.75, 3.05) is 0 Å². The molecular formula is C14H9NaO3. The number of carboxylic acid groups (broad SMARTS) is 1. The normalized spacial score (nSPS) is 9.33. The maximum atomic E-state index is 12.1. The zero-order chi connectivity index (χ0) is 12.3. The van der Waals surface area contributed by atoms with Crippen LogP contribution in [0.3, 0.4) is 0 Å². The summed E-state index contributed by atoms with van der Waals surface area (Å²) in [5.74, 6) is -1.66. The van der Waals surface area contributed by atoms with Crippen LogP contribution < -0.4 is 34.7 Å². The van der Waals surface area contributed by atoms with Gasteiger partial charge in [0.25, 0.3) is 0 Å². The van der Waals surface area contributed by atoms with Gasteiger partial charge in [-0.15, -0.1) is 0 Å². The molecule has 0 bridgehead atoms. The minimum absolute atomic E-state index is 0. The van der Waals surface area contributed by atoms with E-state index in [2.05, 4.69) is 0 Å². The molecule has 0 radical (unpaired) electrons. The zero-order valence-corrected chi connectivity index (χ0v) is 11.9. The van der Waals surface area contributed by atoms with E-state index >= 15 is 0 Å². The SMILES string of the molecule is O=C([O-])c1ccccc1C(=O)c1ccccc1.[Na+]. The van der Waals surface area contributed by atoms with E-state index in [4.69, 9.17) is 0 Å². The van der Waals surface area contributed by atoms with Gasteiger partial charge in [0.15, 0.2) is 5.78 Å². The minimum Gasteiger partial charge on any atom is -0.545 e. The van der Waals surface area contributed by atoms with Crippen molar-refractivity contribution >= 4 is 11.8 Å². The van der Waals surface area contributed by atoms with Gasteiger partial charge in [0, 0.05) is 16.7 Å². The van der Waals surface area contributed by atoms with Crippen molar-refractivity contribution in [3.8, 4) is 0 Å². The Hall–Kier alpha value is -1.42. The molecule has 0 aliphatic rings. The summed E-state index contributed by atoms with van der Waals surface area (Å²) in [6.07, 6.45) is 0. The molecule has 2 aromatic rings. The first-order valence-corrected chi connectivity index (χ1v) is 5.10. The summed E-state index contributed by atoms with van der Waals surface area (Å²) < 4.78 is 0. The number of aromatic carboxylic acids is 1. The molecule has 0 saturated heterocycles. The van der Waals surface area contributed by atoms with Gasteiger partial charge >= 0.3 is 29.6 Å². The Labute approximate surface area is 127 Å². The molecule has 3 nitrogen and oxygen atoms in total.